The average molecular weight is 472 g/mol. The molecular weight excluding hydrogens is 460 g/mol. The molecule has 0 atom stereocenters. The van der Waals surface area contributed by atoms with E-state index in [9.17, 15) is 38.9 Å². The van der Waals surface area contributed by atoms with Crippen molar-refractivity contribution in [2.45, 2.75) is 14.7 Å². The van der Waals surface area contributed by atoms with Gasteiger partial charge in [-0.15, -0.1) is 0 Å². The molecule has 0 aliphatic heterocycles. The van der Waals surface area contributed by atoms with Crippen LogP contribution in [0.2, 0.25) is 0 Å². The summed E-state index contributed by atoms with van der Waals surface area (Å²) in [4.78, 5) is -4.46. The fourth-order valence-corrected chi connectivity index (χ4v) is 7.37. The van der Waals surface area contributed by atoms with Crippen molar-refractivity contribution in [2.75, 3.05) is 7.11 Å². The van der Waals surface area contributed by atoms with Gasteiger partial charge in [-0.05, 0) is 22.2 Å². The Morgan fingerprint density at radius 1 is 0.667 bits per heavy atom. The van der Waals surface area contributed by atoms with Crippen molar-refractivity contribution < 1.29 is 43.6 Å². The molecule has 0 aliphatic rings. The van der Waals surface area contributed by atoms with E-state index in [0.29, 0.717) is 16.2 Å². The van der Waals surface area contributed by atoms with Gasteiger partial charge in [-0.2, -0.15) is 25.3 Å². The molecule has 0 spiro atoms. The first-order chi connectivity index (χ1) is 13.8. The highest BCUT2D eigenvalue weighted by Gasteiger charge is 2.38. The molecule has 4 aromatic rings. The molecule has 0 bridgehead atoms. The van der Waals surface area contributed by atoms with Crippen molar-refractivity contribution in [3.05, 3.63) is 36.4 Å². The lowest BCUT2D eigenvalue weighted by Gasteiger charge is -2.20. The van der Waals surface area contributed by atoms with Gasteiger partial charge in [0.25, 0.3) is 30.4 Å². The van der Waals surface area contributed by atoms with Gasteiger partial charge in [-0.3, -0.25) is 13.7 Å². The van der Waals surface area contributed by atoms with E-state index >= 15 is 0 Å². The van der Waals surface area contributed by atoms with Crippen LogP contribution in [0.25, 0.3) is 32.3 Å². The van der Waals surface area contributed by atoms with Crippen LogP contribution in [0.5, 0.6) is 5.75 Å². The van der Waals surface area contributed by atoms with E-state index < -0.39 is 50.4 Å². The summed E-state index contributed by atoms with van der Waals surface area (Å²) in [5.41, 5.74) is 0. The minimum atomic E-state index is -5.58. The van der Waals surface area contributed by atoms with Crippen LogP contribution in [0.3, 0.4) is 0 Å². The van der Waals surface area contributed by atoms with E-state index in [4.69, 9.17) is 4.74 Å². The molecule has 0 saturated heterocycles. The Hall–Kier alpha value is -2.55. The minimum absolute atomic E-state index is 0.0879. The van der Waals surface area contributed by atoms with Crippen LogP contribution in [-0.4, -0.2) is 46.0 Å². The molecular formula is C17H12O10S3. The second-order valence-corrected chi connectivity index (χ2v) is 10.5. The molecule has 10 nitrogen and oxygen atoms in total. The molecule has 13 heteroatoms. The third-order valence-electron chi connectivity index (χ3n) is 4.74. The lowest BCUT2D eigenvalue weighted by Crippen LogP contribution is -2.16. The molecule has 0 fully saturated rings. The highest BCUT2D eigenvalue weighted by atomic mass is 32.2. The molecule has 158 valence electrons. The Morgan fingerprint density at radius 2 is 1.23 bits per heavy atom. The van der Waals surface area contributed by atoms with Crippen LogP contribution in [0.4, 0.5) is 0 Å². The van der Waals surface area contributed by atoms with Crippen molar-refractivity contribution in [1.82, 2.24) is 0 Å². The van der Waals surface area contributed by atoms with Crippen LogP contribution in [0.1, 0.15) is 0 Å². The Kier molecular flexibility index (Phi) is 4.30. The molecule has 0 saturated carbocycles. The largest absolute Gasteiger partial charge is 0.496 e. The van der Waals surface area contributed by atoms with Crippen LogP contribution in [0.15, 0.2) is 51.1 Å². The van der Waals surface area contributed by atoms with Gasteiger partial charge < -0.3 is 4.74 Å². The van der Waals surface area contributed by atoms with Crippen molar-refractivity contribution in [3.63, 3.8) is 0 Å². The van der Waals surface area contributed by atoms with Gasteiger partial charge in [0.05, 0.1) is 7.11 Å². The molecule has 0 aliphatic carbocycles. The minimum Gasteiger partial charge on any atom is -0.496 e. The van der Waals surface area contributed by atoms with Crippen molar-refractivity contribution in [1.29, 1.82) is 0 Å². The average Bonchev–Trinajstić information content (AvgIpc) is 2.61. The topological polar surface area (TPSA) is 172 Å². The summed E-state index contributed by atoms with van der Waals surface area (Å²) in [5, 5.41) is 0.437. The summed E-state index contributed by atoms with van der Waals surface area (Å²) >= 11 is 0. The standard InChI is InChI=1S/C17H12O10S3/c1-27-11-7-9-4-2-3-8-5-6-10-13(12(8)9)14(11)16(29(21,22)23)17(30(24,25)26)15(10)28(18,19)20/h2-7H,1H3,(H,18,19,20)(H,21,22,23)(H,24,25,26). The molecule has 0 aromatic heterocycles. The zero-order chi connectivity index (χ0) is 22.2. The highest BCUT2D eigenvalue weighted by Crippen LogP contribution is 2.48. The molecule has 0 heterocycles. The molecule has 0 unspecified atom stereocenters. The first-order valence-corrected chi connectivity index (χ1v) is 12.3. The lowest BCUT2D eigenvalue weighted by molar-refractivity contribution is 0.418. The van der Waals surface area contributed by atoms with Gasteiger partial charge >= 0.3 is 0 Å². The summed E-state index contributed by atoms with van der Waals surface area (Å²) in [5.74, 6) is -0.203. The second kappa shape index (κ2) is 6.23. The quantitative estimate of drug-likeness (QED) is 0.295. The van der Waals surface area contributed by atoms with Crippen molar-refractivity contribution in [3.8, 4) is 5.75 Å². The van der Waals surface area contributed by atoms with E-state index in [1.165, 1.54) is 12.1 Å². The molecule has 0 amide bonds. The second-order valence-electron chi connectivity index (χ2n) is 6.43. The van der Waals surface area contributed by atoms with Gasteiger partial charge in [0.2, 0.25) is 0 Å². The third kappa shape index (κ3) is 2.90. The van der Waals surface area contributed by atoms with Crippen LogP contribution in [-0.2, 0) is 30.4 Å². The van der Waals surface area contributed by atoms with Gasteiger partial charge in [0.15, 0.2) is 0 Å². The fraction of sp³-hybridized carbons (Fsp3) is 0.0588. The zero-order valence-corrected chi connectivity index (χ0v) is 17.3. The molecule has 30 heavy (non-hydrogen) atoms. The number of hydrogen-bond donors (Lipinski definition) is 3. The Bertz CT molecular complexity index is 1690. The highest BCUT2D eigenvalue weighted by molar-refractivity contribution is 7.90. The van der Waals surface area contributed by atoms with Crippen molar-refractivity contribution in [2.24, 2.45) is 0 Å². The van der Waals surface area contributed by atoms with Crippen LogP contribution in [0, 0.1) is 0 Å². The predicted molar refractivity (Wildman–Crippen MR) is 106 cm³/mol. The monoisotopic (exact) mass is 472 g/mol. The van der Waals surface area contributed by atoms with Crippen molar-refractivity contribution >= 4 is 62.7 Å². The SMILES string of the molecule is COc1cc2cccc3ccc4c(S(=O)(=O)O)c(S(=O)(=O)O)c(S(=O)(=O)O)c1c4c32. The Morgan fingerprint density at radius 3 is 1.77 bits per heavy atom. The first-order valence-electron chi connectivity index (χ1n) is 8.00. The number of methoxy groups -OCH3 is 1. The number of hydrogen-bond acceptors (Lipinski definition) is 7. The van der Waals surface area contributed by atoms with E-state index in [1.54, 1.807) is 18.2 Å². The summed E-state index contributed by atoms with van der Waals surface area (Å²) in [6.07, 6.45) is 0. The summed E-state index contributed by atoms with van der Waals surface area (Å²) in [6.45, 7) is 0. The Balaban J connectivity index is 2.61. The van der Waals surface area contributed by atoms with E-state index in [0.717, 1.165) is 13.2 Å². The summed E-state index contributed by atoms with van der Waals surface area (Å²) in [6, 6.07) is 8.92. The van der Waals surface area contributed by atoms with Gasteiger partial charge in [0, 0.05) is 16.2 Å². The maximum absolute atomic E-state index is 12.2. The molecule has 4 aromatic carbocycles. The number of benzene rings is 4. The Labute approximate surface area is 170 Å². The van der Waals surface area contributed by atoms with E-state index in [2.05, 4.69) is 0 Å². The van der Waals surface area contributed by atoms with E-state index in [-0.39, 0.29) is 16.5 Å². The molecule has 4 rings (SSSR count). The maximum atomic E-state index is 12.2. The lowest BCUT2D eigenvalue weighted by atomic mass is 9.93. The maximum Gasteiger partial charge on any atom is 0.297 e. The normalized spacial score (nSPS) is 13.5. The predicted octanol–water partition coefficient (Wildman–Crippen LogP) is 2.33. The fourth-order valence-electron chi connectivity index (χ4n) is 3.78. The molecule has 0 radical (unpaired) electrons. The van der Waals surface area contributed by atoms with Gasteiger partial charge in [-0.1, -0.05) is 30.3 Å². The zero-order valence-electron chi connectivity index (χ0n) is 14.9. The van der Waals surface area contributed by atoms with Crippen LogP contribution >= 0.6 is 0 Å². The van der Waals surface area contributed by atoms with E-state index in [1.807, 2.05) is 0 Å². The van der Waals surface area contributed by atoms with Gasteiger partial charge in [0.1, 0.15) is 20.4 Å². The molecule has 3 N–H and O–H groups in total. The smallest absolute Gasteiger partial charge is 0.297 e. The summed E-state index contributed by atoms with van der Waals surface area (Å²) in [7, 11) is -15.3. The number of ether oxygens (including phenoxy) is 1. The first kappa shape index (κ1) is 20.7. The number of rotatable bonds is 4. The third-order valence-corrected chi connectivity index (χ3v) is 7.79. The van der Waals surface area contributed by atoms with Crippen LogP contribution < -0.4 is 4.74 Å². The summed E-state index contributed by atoms with van der Waals surface area (Å²) < 4.78 is 107. The van der Waals surface area contributed by atoms with Gasteiger partial charge in [-0.25, -0.2) is 0 Å².